The Labute approximate surface area is 193 Å². The van der Waals surface area contributed by atoms with Crippen molar-refractivity contribution in [2.24, 2.45) is 4.99 Å². The lowest BCUT2D eigenvalue weighted by molar-refractivity contribution is 0.620. The van der Waals surface area contributed by atoms with Gasteiger partial charge in [0.2, 0.25) is 0 Å². The van der Waals surface area contributed by atoms with E-state index in [9.17, 15) is 27.8 Å². The normalized spacial score (nSPS) is 14.5. The van der Waals surface area contributed by atoms with Gasteiger partial charge in [0.1, 0.15) is 18.0 Å². The molecule has 0 unspecified atom stereocenters. The molecule has 168 valence electrons. The Morgan fingerprint density at radius 1 is 1.00 bits per heavy atom. The van der Waals surface area contributed by atoms with E-state index < -0.39 is 14.8 Å². The zero-order valence-corrected chi connectivity index (χ0v) is 18.2. The van der Waals surface area contributed by atoms with Crippen LogP contribution in [-0.4, -0.2) is 34.5 Å². The fourth-order valence-corrected chi connectivity index (χ4v) is 4.17. The monoisotopic (exact) mass is 462 g/mol. The molecule has 0 amide bonds. The third kappa shape index (κ3) is 3.61. The highest BCUT2D eigenvalue weighted by Crippen LogP contribution is 2.36. The minimum atomic E-state index is -3.05. The van der Waals surface area contributed by atoms with E-state index >= 15 is 0 Å². The molecule has 0 N–H and O–H groups in total. The number of halogens is 4. The van der Waals surface area contributed by atoms with Gasteiger partial charge in [0.25, 0.3) is 0 Å². The van der Waals surface area contributed by atoms with E-state index in [0.717, 1.165) is 0 Å². The number of benzene rings is 1. The third-order valence-electron chi connectivity index (χ3n) is 5.62. The highest BCUT2D eigenvalue weighted by molar-refractivity contribution is 6.43. The number of aromatic nitrogens is 3. The summed E-state index contributed by atoms with van der Waals surface area (Å²) in [5.74, 6) is -0.285. The maximum atomic E-state index is 14.3. The summed E-state index contributed by atoms with van der Waals surface area (Å²) in [4.78, 5) is 8.77. The van der Waals surface area contributed by atoms with Gasteiger partial charge in [-0.25, -0.2) is 4.98 Å². The zero-order chi connectivity index (χ0) is 24.6. The molecule has 12 heteroatoms. The Hall–Kier alpha value is -4.05. The summed E-state index contributed by atoms with van der Waals surface area (Å²) >= 11 is 0. The molecule has 3 aromatic rings. The van der Waals surface area contributed by atoms with Crippen LogP contribution >= 0.6 is 0 Å². The summed E-state index contributed by atoms with van der Waals surface area (Å²) in [5.41, 5.74) is 0.794. The van der Waals surface area contributed by atoms with Crippen molar-refractivity contribution in [1.29, 1.82) is 10.5 Å². The van der Waals surface area contributed by atoms with Gasteiger partial charge in [0.15, 0.2) is 0 Å². The first-order valence-corrected chi connectivity index (χ1v) is 10.5. The van der Waals surface area contributed by atoms with Gasteiger partial charge in [-0.3, -0.25) is 22.3 Å². The topological polar surface area (TPSA) is 82.7 Å². The van der Waals surface area contributed by atoms with Crippen LogP contribution in [0.25, 0.3) is 16.6 Å². The van der Waals surface area contributed by atoms with Gasteiger partial charge in [0.05, 0.1) is 39.2 Å². The first kappa shape index (κ1) is 23.1. The summed E-state index contributed by atoms with van der Waals surface area (Å²) in [6.45, 7) is 3.39. The number of aliphatic imine (C=N–C) groups is 1. The molecule has 0 saturated heterocycles. The van der Waals surface area contributed by atoms with Gasteiger partial charge < -0.3 is 8.96 Å². The van der Waals surface area contributed by atoms with E-state index in [4.69, 9.17) is 0 Å². The maximum Gasteiger partial charge on any atom is 0.679 e. The summed E-state index contributed by atoms with van der Waals surface area (Å²) < 4.78 is 58.5. The Bertz CT molecular complexity index is 1470. The van der Waals surface area contributed by atoms with Crippen LogP contribution in [0.2, 0.25) is 0 Å². The molecule has 0 spiro atoms. The van der Waals surface area contributed by atoms with Crippen molar-refractivity contribution >= 4 is 37.1 Å². The summed E-state index contributed by atoms with van der Waals surface area (Å²) in [7, 11) is -6.09. The van der Waals surface area contributed by atoms with Crippen molar-refractivity contribution in [2.45, 2.75) is 26.7 Å². The molecular formula is C22H16B2F4N6. The van der Waals surface area contributed by atoms with Crippen LogP contribution in [0.4, 0.5) is 17.3 Å². The van der Waals surface area contributed by atoms with Crippen LogP contribution in [0.1, 0.15) is 43.0 Å². The van der Waals surface area contributed by atoms with Crippen molar-refractivity contribution in [1.82, 2.24) is 13.9 Å². The Morgan fingerprint density at radius 3 is 2.26 bits per heavy atom. The van der Waals surface area contributed by atoms with Gasteiger partial charge in [-0.05, 0) is 37.1 Å². The smallest absolute Gasteiger partial charge is 0.327 e. The lowest BCUT2D eigenvalue weighted by atomic mass is 10.0. The average molecular weight is 462 g/mol. The highest BCUT2D eigenvalue weighted by atomic mass is 19.2. The number of rotatable bonds is 6. The number of nitriles is 2. The van der Waals surface area contributed by atoms with E-state index in [-0.39, 0.29) is 57.1 Å². The minimum Gasteiger partial charge on any atom is -0.327 e. The second-order valence-corrected chi connectivity index (χ2v) is 7.42. The molecule has 4 rings (SSSR count). The molecule has 0 fully saturated rings. The molecule has 0 radical (unpaired) electrons. The molecule has 1 aromatic carbocycles. The number of imidazole rings is 1. The van der Waals surface area contributed by atoms with E-state index in [2.05, 4.69) is 9.98 Å². The van der Waals surface area contributed by atoms with Crippen molar-refractivity contribution in [3.8, 4) is 12.1 Å². The first-order valence-electron chi connectivity index (χ1n) is 10.5. The van der Waals surface area contributed by atoms with E-state index in [1.807, 2.05) is 12.1 Å². The first-order chi connectivity index (χ1) is 16.4. The van der Waals surface area contributed by atoms with Crippen molar-refractivity contribution in [3.63, 3.8) is 0 Å². The van der Waals surface area contributed by atoms with Gasteiger partial charge in [-0.1, -0.05) is 26.0 Å². The molecule has 0 bridgehead atoms. The van der Waals surface area contributed by atoms with Crippen LogP contribution < -0.4 is 0 Å². The lowest BCUT2D eigenvalue weighted by Gasteiger charge is -2.15. The van der Waals surface area contributed by atoms with Crippen LogP contribution in [0, 0.1) is 22.7 Å². The van der Waals surface area contributed by atoms with Gasteiger partial charge >= 0.3 is 14.8 Å². The molecule has 0 saturated carbocycles. The van der Waals surface area contributed by atoms with Crippen molar-refractivity contribution in [2.75, 3.05) is 0 Å². The van der Waals surface area contributed by atoms with Crippen LogP contribution in [0.3, 0.4) is 0 Å². The summed E-state index contributed by atoms with van der Waals surface area (Å²) in [5, 5.41) is 19.1. The third-order valence-corrected chi connectivity index (χ3v) is 5.62. The Kier molecular flexibility index (Phi) is 6.16. The number of fused-ring (bicyclic) bond motifs is 1. The highest BCUT2D eigenvalue weighted by Gasteiger charge is 2.34. The number of hydrogen-bond acceptors (Lipinski definition) is 4. The van der Waals surface area contributed by atoms with Gasteiger partial charge in [-0.2, -0.15) is 10.5 Å². The molecule has 1 aliphatic rings. The van der Waals surface area contributed by atoms with E-state index in [1.54, 1.807) is 26.0 Å². The fourth-order valence-electron chi connectivity index (χ4n) is 4.17. The molecule has 2 aromatic heterocycles. The van der Waals surface area contributed by atoms with E-state index in [0.29, 0.717) is 21.1 Å². The largest absolute Gasteiger partial charge is 0.679 e. The molecule has 3 heterocycles. The molecule has 0 atom stereocenters. The van der Waals surface area contributed by atoms with Crippen LogP contribution in [0.15, 0.2) is 52.7 Å². The van der Waals surface area contributed by atoms with Gasteiger partial charge in [-0.15, -0.1) is 0 Å². The van der Waals surface area contributed by atoms with Gasteiger partial charge in [0, 0.05) is 11.4 Å². The summed E-state index contributed by atoms with van der Waals surface area (Å²) in [6, 6.07) is 11.3. The second-order valence-electron chi connectivity index (χ2n) is 7.42. The standard InChI is InChI=1S/C22H16B2F4N6/c1-3-15-13(11-29)9-17(31-15)21(20-10-14(12-30)18(4-2)33(20)23(25)26)22-32-16-7-5-6-8-19(16)34(22)24(27)28/h5-10H,3-4H2,1-2H3/b21-17-. The number of hydrogen-bond donors (Lipinski definition) is 0. The van der Waals surface area contributed by atoms with Crippen LogP contribution in [0.5, 0.6) is 0 Å². The Balaban J connectivity index is 2.19. The SMILES string of the molecule is CCC1=N/C(=C(/c2cc(C#N)c(CC)n2B(F)F)c2nc3ccccc3n2B(F)F)C=C1C#N. The predicted octanol–water partition coefficient (Wildman–Crippen LogP) is 4.89. The number of para-hydroxylation sites is 2. The number of allylic oxidation sites excluding steroid dienone is 2. The van der Waals surface area contributed by atoms with Crippen molar-refractivity contribution < 1.29 is 17.3 Å². The number of nitrogens with zero attached hydrogens (tertiary/aromatic N) is 6. The van der Waals surface area contributed by atoms with Crippen molar-refractivity contribution in [3.05, 3.63) is 70.5 Å². The molecule has 6 nitrogen and oxygen atoms in total. The molecule has 0 aliphatic carbocycles. The fraction of sp³-hybridized carbons (Fsp3) is 0.182. The molecule has 1 aliphatic heterocycles. The maximum absolute atomic E-state index is 14.3. The predicted molar refractivity (Wildman–Crippen MR) is 122 cm³/mol. The molecule has 34 heavy (non-hydrogen) atoms. The zero-order valence-electron chi connectivity index (χ0n) is 18.2. The minimum absolute atomic E-state index is 0.00205. The summed E-state index contributed by atoms with van der Waals surface area (Å²) in [6.07, 6.45) is 1.87. The second kappa shape index (κ2) is 9.06. The average Bonchev–Trinajstić information content (AvgIpc) is 3.51. The molecular weight excluding hydrogens is 446 g/mol. The van der Waals surface area contributed by atoms with E-state index in [1.165, 1.54) is 24.3 Å². The Morgan fingerprint density at radius 2 is 1.71 bits per heavy atom. The van der Waals surface area contributed by atoms with Crippen LogP contribution in [-0.2, 0) is 6.42 Å². The lowest BCUT2D eigenvalue weighted by Crippen LogP contribution is -2.22. The quantitative estimate of drug-likeness (QED) is 0.387.